The largest absolute Gasteiger partial charge is 0.492 e. The van der Waals surface area contributed by atoms with E-state index >= 15 is 0 Å². The summed E-state index contributed by atoms with van der Waals surface area (Å²) >= 11 is 0. The topological polar surface area (TPSA) is 62.0 Å². The zero-order valence-corrected chi connectivity index (χ0v) is 11.5. The van der Waals surface area contributed by atoms with Crippen LogP contribution < -0.4 is 15.4 Å². The van der Waals surface area contributed by atoms with Gasteiger partial charge < -0.3 is 20.5 Å². The highest BCUT2D eigenvalue weighted by Crippen LogP contribution is 2.32. The molecule has 0 bridgehead atoms. The van der Waals surface area contributed by atoms with Crippen molar-refractivity contribution in [2.45, 2.75) is 6.92 Å². The number of nitrogens with two attached hydrogens (primary N) is 1. The fourth-order valence-electron chi connectivity index (χ4n) is 2.44. The molecule has 1 aromatic rings. The molecule has 3 N–H and O–H groups in total. The number of rotatable bonds is 5. The van der Waals surface area contributed by atoms with Crippen LogP contribution in [0.1, 0.15) is 6.92 Å². The molecule has 0 spiro atoms. The zero-order chi connectivity index (χ0) is 13.7. The maximum Gasteiger partial charge on any atom is 0.144 e. The number of nitrogen functional groups attached to an aromatic ring is 1. The SMILES string of the molecule is CCOc1cccc(N2CCN(CCO)CC2)c1N. The molecule has 0 amide bonds. The molecule has 1 aliphatic rings. The normalized spacial score (nSPS) is 16.6. The number of nitrogens with zero attached hydrogens (tertiary/aromatic N) is 2. The van der Waals surface area contributed by atoms with Crippen molar-refractivity contribution in [1.82, 2.24) is 4.90 Å². The van der Waals surface area contributed by atoms with Gasteiger partial charge in [0.2, 0.25) is 0 Å². The van der Waals surface area contributed by atoms with Crippen LogP contribution in [0.3, 0.4) is 0 Å². The van der Waals surface area contributed by atoms with E-state index in [9.17, 15) is 0 Å². The number of β-amino-alcohol motifs (C(OH)–C–C–N with tert-alkyl or cyclic N) is 1. The van der Waals surface area contributed by atoms with Crippen LogP contribution in [0.15, 0.2) is 18.2 Å². The van der Waals surface area contributed by atoms with Gasteiger partial charge in [-0.1, -0.05) is 6.07 Å². The van der Waals surface area contributed by atoms with Crippen molar-refractivity contribution in [2.24, 2.45) is 0 Å². The minimum atomic E-state index is 0.224. The van der Waals surface area contributed by atoms with Crippen molar-refractivity contribution in [2.75, 3.05) is 56.6 Å². The van der Waals surface area contributed by atoms with Crippen LogP contribution in [0.4, 0.5) is 11.4 Å². The van der Waals surface area contributed by atoms with Crippen LogP contribution >= 0.6 is 0 Å². The molecule has 1 heterocycles. The molecule has 2 rings (SSSR count). The summed E-state index contributed by atoms with van der Waals surface area (Å²) in [6.45, 7) is 7.33. The van der Waals surface area contributed by atoms with Gasteiger partial charge >= 0.3 is 0 Å². The highest BCUT2D eigenvalue weighted by atomic mass is 16.5. The summed E-state index contributed by atoms with van der Waals surface area (Å²) in [6, 6.07) is 5.93. The zero-order valence-electron chi connectivity index (χ0n) is 11.5. The quantitative estimate of drug-likeness (QED) is 0.771. The summed E-state index contributed by atoms with van der Waals surface area (Å²) in [5, 5.41) is 8.95. The van der Waals surface area contributed by atoms with Crippen LogP contribution in [-0.4, -0.2) is 55.9 Å². The van der Waals surface area contributed by atoms with Crippen LogP contribution in [0, 0.1) is 0 Å². The lowest BCUT2D eigenvalue weighted by Crippen LogP contribution is -2.47. The van der Waals surface area contributed by atoms with Gasteiger partial charge in [-0.05, 0) is 19.1 Å². The molecular formula is C14H23N3O2. The predicted octanol–water partition coefficient (Wildman–Crippen LogP) is 0.782. The molecule has 0 saturated carbocycles. The maximum absolute atomic E-state index is 8.95. The molecule has 19 heavy (non-hydrogen) atoms. The summed E-state index contributed by atoms with van der Waals surface area (Å²) in [5.74, 6) is 0.762. The van der Waals surface area contributed by atoms with Gasteiger partial charge in [0.1, 0.15) is 5.75 Å². The third-order valence-corrected chi connectivity index (χ3v) is 3.47. The molecule has 1 aliphatic heterocycles. The molecule has 1 fully saturated rings. The average Bonchev–Trinajstić information content (AvgIpc) is 2.43. The molecule has 5 heteroatoms. The predicted molar refractivity (Wildman–Crippen MR) is 77.8 cm³/mol. The minimum absolute atomic E-state index is 0.224. The van der Waals surface area contributed by atoms with E-state index in [1.807, 2.05) is 25.1 Å². The summed E-state index contributed by atoms with van der Waals surface area (Å²) in [5.41, 5.74) is 7.95. The Hall–Kier alpha value is -1.46. The number of para-hydroxylation sites is 1. The van der Waals surface area contributed by atoms with E-state index in [1.165, 1.54) is 0 Å². The number of hydrogen-bond acceptors (Lipinski definition) is 5. The summed E-state index contributed by atoms with van der Waals surface area (Å²) in [6.07, 6.45) is 0. The third kappa shape index (κ3) is 3.30. The van der Waals surface area contributed by atoms with Gasteiger partial charge in [0, 0.05) is 32.7 Å². The lowest BCUT2D eigenvalue weighted by Gasteiger charge is -2.36. The number of aliphatic hydroxyl groups excluding tert-OH is 1. The van der Waals surface area contributed by atoms with E-state index in [0.717, 1.165) is 49.8 Å². The van der Waals surface area contributed by atoms with Gasteiger partial charge in [0.05, 0.1) is 24.6 Å². The lowest BCUT2D eigenvalue weighted by molar-refractivity contribution is 0.189. The Labute approximate surface area is 114 Å². The van der Waals surface area contributed by atoms with Crippen LogP contribution in [0.2, 0.25) is 0 Å². The molecule has 1 aromatic carbocycles. The second-order valence-electron chi connectivity index (χ2n) is 4.67. The molecule has 0 atom stereocenters. The smallest absolute Gasteiger partial charge is 0.144 e. The molecule has 106 valence electrons. The lowest BCUT2D eigenvalue weighted by atomic mass is 10.2. The standard InChI is InChI=1S/C14H23N3O2/c1-2-19-13-5-3-4-12(14(13)15)17-8-6-16(7-9-17)10-11-18/h3-5,18H,2,6-11,15H2,1H3. The van der Waals surface area contributed by atoms with Gasteiger partial charge in [0.15, 0.2) is 0 Å². The van der Waals surface area contributed by atoms with E-state index in [-0.39, 0.29) is 6.61 Å². The third-order valence-electron chi connectivity index (χ3n) is 3.47. The number of hydrogen-bond donors (Lipinski definition) is 2. The van der Waals surface area contributed by atoms with E-state index in [1.54, 1.807) is 0 Å². The Morgan fingerprint density at radius 3 is 2.63 bits per heavy atom. The van der Waals surface area contributed by atoms with Gasteiger partial charge in [-0.15, -0.1) is 0 Å². The van der Waals surface area contributed by atoms with E-state index < -0.39 is 0 Å². The Morgan fingerprint density at radius 2 is 2.00 bits per heavy atom. The van der Waals surface area contributed by atoms with Crippen molar-refractivity contribution in [3.8, 4) is 5.75 Å². The molecule has 0 radical (unpaired) electrons. The van der Waals surface area contributed by atoms with Crippen LogP contribution in [0.5, 0.6) is 5.75 Å². The van der Waals surface area contributed by atoms with Gasteiger partial charge in [-0.25, -0.2) is 0 Å². The molecule has 0 aliphatic carbocycles. The first kappa shape index (κ1) is 14.0. The van der Waals surface area contributed by atoms with Crippen molar-refractivity contribution in [3.63, 3.8) is 0 Å². The van der Waals surface area contributed by atoms with Crippen LogP contribution in [-0.2, 0) is 0 Å². The van der Waals surface area contributed by atoms with Crippen molar-refractivity contribution < 1.29 is 9.84 Å². The fraction of sp³-hybridized carbons (Fsp3) is 0.571. The summed E-state index contributed by atoms with van der Waals surface area (Å²) in [7, 11) is 0. The number of ether oxygens (including phenoxy) is 1. The fourth-order valence-corrected chi connectivity index (χ4v) is 2.44. The Bertz CT molecular complexity index is 404. The maximum atomic E-state index is 8.95. The van der Waals surface area contributed by atoms with Crippen molar-refractivity contribution in [3.05, 3.63) is 18.2 Å². The molecule has 0 aromatic heterocycles. The highest BCUT2D eigenvalue weighted by Gasteiger charge is 2.19. The molecule has 1 saturated heterocycles. The van der Waals surface area contributed by atoms with Gasteiger partial charge in [-0.3, -0.25) is 4.90 Å². The Balaban J connectivity index is 2.05. The number of piperazine rings is 1. The van der Waals surface area contributed by atoms with E-state index in [4.69, 9.17) is 15.6 Å². The molecular weight excluding hydrogens is 242 g/mol. The highest BCUT2D eigenvalue weighted by molar-refractivity contribution is 5.74. The van der Waals surface area contributed by atoms with Gasteiger partial charge in [0.25, 0.3) is 0 Å². The number of benzene rings is 1. The Kier molecular flexibility index (Phi) is 4.87. The minimum Gasteiger partial charge on any atom is -0.492 e. The van der Waals surface area contributed by atoms with Gasteiger partial charge in [-0.2, -0.15) is 0 Å². The molecule has 0 unspecified atom stereocenters. The first-order chi connectivity index (χ1) is 9.26. The van der Waals surface area contributed by atoms with Crippen molar-refractivity contribution in [1.29, 1.82) is 0 Å². The van der Waals surface area contributed by atoms with Crippen LogP contribution in [0.25, 0.3) is 0 Å². The second-order valence-corrected chi connectivity index (χ2v) is 4.67. The summed E-state index contributed by atoms with van der Waals surface area (Å²) < 4.78 is 5.53. The second kappa shape index (κ2) is 6.63. The first-order valence-corrected chi connectivity index (χ1v) is 6.85. The average molecular weight is 265 g/mol. The van der Waals surface area contributed by atoms with E-state index in [2.05, 4.69) is 9.80 Å². The Morgan fingerprint density at radius 1 is 1.26 bits per heavy atom. The molecule has 5 nitrogen and oxygen atoms in total. The van der Waals surface area contributed by atoms with E-state index in [0.29, 0.717) is 6.61 Å². The summed E-state index contributed by atoms with van der Waals surface area (Å²) in [4.78, 5) is 4.55. The number of aliphatic hydroxyl groups is 1. The van der Waals surface area contributed by atoms with Crippen molar-refractivity contribution >= 4 is 11.4 Å². The first-order valence-electron chi connectivity index (χ1n) is 6.85. The number of anilines is 2. The monoisotopic (exact) mass is 265 g/mol.